The predicted molar refractivity (Wildman–Crippen MR) is 74.8 cm³/mol. The molecular weight excluding hydrogens is 226 g/mol. The van der Waals surface area contributed by atoms with Gasteiger partial charge in [0, 0.05) is 6.54 Å². The molecule has 0 atom stereocenters. The van der Waals surface area contributed by atoms with Gasteiger partial charge >= 0.3 is 0 Å². The first kappa shape index (κ1) is 15.0. The highest BCUT2D eigenvalue weighted by molar-refractivity contribution is 5.27. The van der Waals surface area contributed by atoms with Crippen LogP contribution in [-0.2, 0) is 6.54 Å². The van der Waals surface area contributed by atoms with Crippen LogP contribution in [0.2, 0.25) is 0 Å². The Labute approximate surface area is 110 Å². The van der Waals surface area contributed by atoms with E-state index in [2.05, 4.69) is 24.4 Å². The van der Waals surface area contributed by atoms with Gasteiger partial charge in [0.25, 0.3) is 0 Å². The summed E-state index contributed by atoms with van der Waals surface area (Å²) in [5, 5.41) is 13.4. The zero-order valence-corrected chi connectivity index (χ0v) is 11.7. The molecule has 0 aliphatic carbocycles. The van der Waals surface area contributed by atoms with Crippen LogP contribution >= 0.6 is 0 Å². The van der Waals surface area contributed by atoms with E-state index in [-0.39, 0.29) is 0 Å². The fraction of sp³-hybridized carbons (Fsp3) is 0.600. The standard InChI is InChI=1S/C15H25NO2/c1-4-15(17,5-2)12-18-14-9-7-13(8-10-14)11-16-6-3/h7-10,16-17H,4-6,11-12H2,1-3H3. The lowest BCUT2D eigenvalue weighted by Crippen LogP contribution is -2.34. The summed E-state index contributed by atoms with van der Waals surface area (Å²) in [6, 6.07) is 8.01. The van der Waals surface area contributed by atoms with Gasteiger partial charge in [-0.15, -0.1) is 0 Å². The molecule has 0 amide bonds. The average Bonchev–Trinajstić information content (AvgIpc) is 2.43. The van der Waals surface area contributed by atoms with Crippen molar-refractivity contribution in [2.24, 2.45) is 0 Å². The average molecular weight is 251 g/mol. The van der Waals surface area contributed by atoms with Crippen molar-refractivity contribution in [3.63, 3.8) is 0 Å². The Hall–Kier alpha value is -1.06. The molecule has 0 fully saturated rings. The van der Waals surface area contributed by atoms with E-state index in [1.807, 2.05) is 26.0 Å². The molecule has 18 heavy (non-hydrogen) atoms. The van der Waals surface area contributed by atoms with Crippen molar-refractivity contribution in [2.75, 3.05) is 13.2 Å². The minimum Gasteiger partial charge on any atom is -0.491 e. The molecular formula is C15H25NO2. The Morgan fingerprint density at radius 2 is 1.72 bits per heavy atom. The van der Waals surface area contributed by atoms with Crippen LogP contribution in [0.4, 0.5) is 0 Å². The van der Waals surface area contributed by atoms with Crippen LogP contribution < -0.4 is 10.1 Å². The molecule has 102 valence electrons. The summed E-state index contributed by atoms with van der Waals surface area (Å²) in [7, 11) is 0. The highest BCUT2D eigenvalue weighted by Crippen LogP contribution is 2.18. The highest BCUT2D eigenvalue weighted by atomic mass is 16.5. The third-order valence-corrected chi connectivity index (χ3v) is 3.33. The fourth-order valence-electron chi connectivity index (χ4n) is 1.64. The van der Waals surface area contributed by atoms with Crippen molar-refractivity contribution in [1.82, 2.24) is 5.32 Å². The molecule has 0 heterocycles. The lowest BCUT2D eigenvalue weighted by molar-refractivity contribution is -0.0113. The summed E-state index contributed by atoms with van der Waals surface area (Å²) in [4.78, 5) is 0. The van der Waals surface area contributed by atoms with Gasteiger partial charge in [-0.25, -0.2) is 0 Å². The summed E-state index contributed by atoms with van der Waals surface area (Å²) in [6.07, 6.45) is 1.42. The zero-order valence-electron chi connectivity index (χ0n) is 11.7. The number of aliphatic hydroxyl groups is 1. The number of rotatable bonds is 8. The van der Waals surface area contributed by atoms with E-state index in [1.54, 1.807) is 0 Å². The van der Waals surface area contributed by atoms with E-state index < -0.39 is 5.60 Å². The van der Waals surface area contributed by atoms with Crippen LogP contribution in [0.25, 0.3) is 0 Å². The smallest absolute Gasteiger partial charge is 0.119 e. The predicted octanol–water partition coefficient (Wildman–Crippen LogP) is 2.73. The maximum absolute atomic E-state index is 10.1. The van der Waals surface area contributed by atoms with Crippen molar-refractivity contribution >= 4 is 0 Å². The van der Waals surface area contributed by atoms with Gasteiger partial charge in [-0.1, -0.05) is 32.9 Å². The van der Waals surface area contributed by atoms with E-state index in [4.69, 9.17) is 4.74 Å². The Morgan fingerprint density at radius 1 is 1.11 bits per heavy atom. The first-order chi connectivity index (χ1) is 8.63. The topological polar surface area (TPSA) is 41.5 Å². The zero-order chi connectivity index (χ0) is 13.4. The quantitative estimate of drug-likeness (QED) is 0.746. The number of nitrogens with one attached hydrogen (secondary N) is 1. The van der Waals surface area contributed by atoms with Gasteiger partial charge in [-0.2, -0.15) is 0 Å². The van der Waals surface area contributed by atoms with Crippen LogP contribution in [0.1, 0.15) is 39.2 Å². The minimum absolute atomic E-state index is 0.354. The third kappa shape index (κ3) is 4.67. The van der Waals surface area contributed by atoms with E-state index in [0.717, 1.165) is 18.8 Å². The number of benzene rings is 1. The largest absolute Gasteiger partial charge is 0.491 e. The Bertz CT molecular complexity index is 331. The fourth-order valence-corrected chi connectivity index (χ4v) is 1.64. The highest BCUT2D eigenvalue weighted by Gasteiger charge is 2.22. The molecule has 0 bridgehead atoms. The molecule has 3 nitrogen and oxygen atoms in total. The molecule has 1 aromatic rings. The molecule has 0 saturated carbocycles. The second-order valence-electron chi connectivity index (χ2n) is 4.64. The lowest BCUT2D eigenvalue weighted by atomic mass is 9.99. The van der Waals surface area contributed by atoms with Crippen LogP contribution in [0, 0.1) is 0 Å². The van der Waals surface area contributed by atoms with Crippen molar-refractivity contribution in [2.45, 2.75) is 45.8 Å². The van der Waals surface area contributed by atoms with E-state index >= 15 is 0 Å². The molecule has 1 rings (SSSR count). The molecule has 2 N–H and O–H groups in total. The first-order valence-corrected chi connectivity index (χ1v) is 6.78. The van der Waals surface area contributed by atoms with Gasteiger partial charge in [0.2, 0.25) is 0 Å². The normalized spacial score (nSPS) is 11.6. The number of ether oxygens (including phenoxy) is 1. The lowest BCUT2D eigenvalue weighted by Gasteiger charge is -2.25. The van der Waals surface area contributed by atoms with Crippen LogP contribution in [-0.4, -0.2) is 23.9 Å². The van der Waals surface area contributed by atoms with Gasteiger partial charge in [0.15, 0.2) is 0 Å². The van der Waals surface area contributed by atoms with Gasteiger partial charge in [-0.3, -0.25) is 0 Å². The van der Waals surface area contributed by atoms with Gasteiger partial charge in [0.1, 0.15) is 12.4 Å². The number of hydrogen-bond donors (Lipinski definition) is 2. The number of hydrogen-bond acceptors (Lipinski definition) is 3. The molecule has 3 heteroatoms. The first-order valence-electron chi connectivity index (χ1n) is 6.78. The van der Waals surface area contributed by atoms with Crippen LogP contribution in [0.3, 0.4) is 0 Å². The Morgan fingerprint density at radius 3 is 2.22 bits per heavy atom. The van der Waals surface area contributed by atoms with E-state index in [9.17, 15) is 5.11 Å². The second kappa shape index (κ2) is 7.39. The molecule has 0 saturated heterocycles. The van der Waals surface area contributed by atoms with Crippen molar-refractivity contribution in [3.05, 3.63) is 29.8 Å². The van der Waals surface area contributed by atoms with Crippen molar-refractivity contribution in [3.8, 4) is 5.75 Å². The second-order valence-corrected chi connectivity index (χ2v) is 4.64. The monoisotopic (exact) mass is 251 g/mol. The summed E-state index contributed by atoms with van der Waals surface area (Å²) in [6.45, 7) is 8.25. The van der Waals surface area contributed by atoms with Gasteiger partial charge in [0.05, 0.1) is 5.60 Å². The third-order valence-electron chi connectivity index (χ3n) is 3.33. The van der Waals surface area contributed by atoms with E-state index in [0.29, 0.717) is 19.4 Å². The molecule has 1 aromatic carbocycles. The Kier molecular flexibility index (Phi) is 6.16. The minimum atomic E-state index is -0.706. The molecule has 0 radical (unpaired) electrons. The van der Waals surface area contributed by atoms with E-state index in [1.165, 1.54) is 5.56 Å². The summed E-state index contributed by atoms with van der Waals surface area (Å²) in [5.74, 6) is 0.815. The molecule has 0 unspecified atom stereocenters. The summed E-state index contributed by atoms with van der Waals surface area (Å²) < 4.78 is 5.64. The SMILES string of the molecule is CCNCc1ccc(OCC(O)(CC)CC)cc1. The maximum atomic E-state index is 10.1. The molecule has 0 aliphatic rings. The van der Waals surface area contributed by atoms with Crippen molar-refractivity contribution in [1.29, 1.82) is 0 Å². The van der Waals surface area contributed by atoms with Gasteiger partial charge < -0.3 is 15.2 Å². The van der Waals surface area contributed by atoms with Gasteiger partial charge in [-0.05, 0) is 37.1 Å². The summed E-state index contributed by atoms with van der Waals surface area (Å²) >= 11 is 0. The van der Waals surface area contributed by atoms with Crippen LogP contribution in [0.15, 0.2) is 24.3 Å². The summed E-state index contributed by atoms with van der Waals surface area (Å²) in [5.41, 5.74) is 0.535. The molecule has 0 aliphatic heterocycles. The Balaban J connectivity index is 2.48. The molecule has 0 aromatic heterocycles. The maximum Gasteiger partial charge on any atom is 0.119 e. The van der Waals surface area contributed by atoms with Crippen molar-refractivity contribution < 1.29 is 9.84 Å². The van der Waals surface area contributed by atoms with Crippen LogP contribution in [0.5, 0.6) is 5.75 Å². The molecule has 0 spiro atoms.